The van der Waals surface area contributed by atoms with Crippen molar-refractivity contribution in [3.05, 3.63) is 71.2 Å². The first-order valence-corrected chi connectivity index (χ1v) is 12.3. The number of aliphatic hydroxyl groups is 1. The number of carbonyl (C=O) groups excluding carboxylic acids is 1. The summed E-state index contributed by atoms with van der Waals surface area (Å²) in [7, 11) is 0. The van der Waals surface area contributed by atoms with Crippen molar-refractivity contribution in [2.24, 2.45) is 0 Å². The molecule has 3 aromatic rings. The highest BCUT2D eigenvalue weighted by molar-refractivity contribution is 6.04. The molecule has 0 saturated carbocycles. The molecule has 1 aromatic carbocycles. The van der Waals surface area contributed by atoms with Crippen LogP contribution in [0.25, 0.3) is 11.1 Å². The van der Waals surface area contributed by atoms with Crippen LogP contribution in [0.2, 0.25) is 0 Å². The molecule has 0 radical (unpaired) electrons. The minimum atomic E-state index is -3.18. The zero-order valence-corrected chi connectivity index (χ0v) is 21.3. The standard InChI is InChI=1S/C28H30F3N3O4/c1-18-3-4-21(33-26(36)19-5-8-32-23(13-19)27(2,30)31)16-22(18)20-14-24(34-25(15-20)38-12-9-35)28(17-29)6-10-37-11-7-28/h3-5,8,13-16,35H,6-7,9-12,17H2,1-2H3,(H,33,36). The first-order valence-electron chi connectivity index (χ1n) is 12.3. The van der Waals surface area contributed by atoms with Gasteiger partial charge in [0.15, 0.2) is 0 Å². The highest BCUT2D eigenvalue weighted by Gasteiger charge is 2.37. The number of aryl methyl sites for hydroxylation is 1. The predicted octanol–water partition coefficient (Wildman–Crippen LogP) is 5.20. The fourth-order valence-corrected chi connectivity index (χ4v) is 4.40. The molecule has 1 aliphatic rings. The van der Waals surface area contributed by atoms with Gasteiger partial charge in [0.05, 0.1) is 12.3 Å². The summed E-state index contributed by atoms with van der Waals surface area (Å²) in [5.41, 5.74) is 2.05. The molecule has 2 aromatic heterocycles. The summed E-state index contributed by atoms with van der Waals surface area (Å²) in [6.45, 7) is 2.68. The van der Waals surface area contributed by atoms with E-state index < -0.39 is 29.6 Å². The Morgan fingerprint density at radius 3 is 2.63 bits per heavy atom. The Morgan fingerprint density at radius 1 is 1.18 bits per heavy atom. The Labute approximate surface area is 219 Å². The minimum Gasteiger partial charge on any atom is -0.475 e. The highest BCUT2D eigenvalue weighted by atomic mass is 19.3. The number of aromatic nitrogens is 2. The third-order valence-electron chi connectivity index (χ3n) is 6.67. The topological polar surface area (TPSA) is 93.6 Å². The number of halogens is 3. The number of alkyl halides is 3. The lowest BCUT2D eigenvalue weighted by Gasteiger charge is -2.34. The van der Waals surface area contributed by atoms with Crippen molar-refractivity contribution in [3.63, 3.8) is 0 Å². The number of nitrogens with one attached hydrogen (secondary N) is 1. The van der Waals surface area contributed by atoms with Crippen molar-refractivity contribution in [1.82, 2.24) is 9.97 Å². The number of nitrogens with zero attached hydrogens (tertiary/aromatic N) is 2. The first-order chi connectivity index (χ1) is 18.1. The predicted molar refractivity (Wildman–Crippen MR) is 136 cm³/mol. The quantitative estimate of drug-likeness (QED) is 0.396. The van der Waals surface area contributed by atoms with E-state index in [1.807, 2.05) is 19.1 Å². The van der Waals surface area contributed by atoms with Gasteiger partial charge < -0.3 is 19.9 Å². The molecule has 202 valence electrons. The van der Waals surface area contributed by atoms with Crippen molar-refractivity contribution in [3.8, 4) is 17.0 Å². The van der Waals surface area contributed by atoms with Crippen molar-refractivity contribution in [1.29, 1.82) is 0 Å². The van der Waals surface area contributed by atoms with Gasteiger partial charge in [-0.1, -0.05) is 6.07 Å². The number of benzene rings is 1. The molecule has 0 unspecified atom stereocenters. The van der Waals surface area contributed by atoms with E-state index in [0.29, 0.717) is 43.0 Å². The van der Waals surface area contributed by atoms with Gasteiger partial charge in [0.2, 0.25) is 5.88 Å². The molecule has 0 spiro atoms. The zero-order chi connectivity index (χ0) is 27.3. The summed E-state index contributed by atoms with van der Waals surface area (Å²) in [6, 6.07) is 11.2. The average molecular weight is 530 g/mol. The summed E-state index contributed by atoms with van der Waals surface area (Å²) >= 11 is 0. The number of amides is 1. The molecule has 1 saturated heterocycles. The van der Waals surface area contributed by atoms with Gasteiger partial charge in [-0.25, -0.2) is 4.98 Å². The second kappa shape index (κ2) is 11.5. The SMILES string of the molecule is Cc1ccc(NC(=O)c2ccnc(C(C)(F)F)c2)cc1-c1cc(OCCO)nc(C2(CF)CCOCC2)c1. The van der Waals surface area contributed by atoms with E-state index in [9.17, 15) is 23.1 Å². The van der Waals surface area contributed by atoms with E-state index in [2.05, 4.69) is 15.3 Å². The number of hydrogen-bond acceptors (Lipinski definition) is 6. The molecule has 1 amide bonds. The second-order valence-corrected chi connectivity index (χ2v) is 9.48. The van der Waals surface area contributed by atoms with Crippen molar-refractivity contribution in [2.75, 3.05) is 38.4 Å². The van der Waals surface area contributed by atoms with E-state index in [1.165, 1.54) is 12.3 Å². The number of anilines is 1. The maximum Gasteiger partial charge on any atom is 0.286 e. The van der Waals surface area contributed by atoms with Gasteiger partial charge in [0.1, 0.15) is 19.0 Å². The summed E-state index contributed by atoms with van der Waals surface area (Å²) < 4.78 is 52.9. The Morgan fingerprint density at radius 2 is 1.95 bits per heavy atom. The summed E-state index contributed by atoms with van der Waals surface area (Å²) in [5, 5.41) is 12.0. The van der Waals surface area contributed by atoms with Gasteiger partial charge >= 0.3 is 0 Å². The molecule has 3 heterocycles. The lowest BCUT2D eigenvalue weighted by atomic mass is 9.77. The van der Waals surface area contributed by atoms with Gasteiger partial charge in [-0.15, -0.1) is 0 Å². The van der Waals surface area contributed by atoms with E-state index in [0.717, 1.165) is 24.1 Å². The smallest absolute Gasteiger partial charge is 0.286 e. The second-order valence-electron chi connectivity index (χ2n) is 9.48. The molecule has 4 rings (SSSR count). The fraction of sp³-hybridized carbons (Fsp3) is 0.393. The van der Waals surface area contributed by atoms with Crippen LogP contribution in [-0.4, -0.2) is 54.1 Å². The van der Waals surface area contributed by atoms with E-state index >= 15 is 0 Å². The summed E-state index contributed by atoms with van der Waals surface area (Å²) in [4.78, 5) is 21.1. The molecule has 0 bridgehead atoms. The zero-order valence-electron chi connectivity index (χ0n) is 21.3. The third-order valence-corrected chi connectivity index (χ3v) is 6.67. The average Bonchev–Trinajstić information content (AvgIpc) is 2.92. The molecular formula is C28H30F3N3O4. The van der Waals surface area contributed by atoms with Crippen molar-refractivity contribution < 1.29 is 32.5 Å². The van der Waals surface area contributed by atoms with Gasteiger partial charge in [-0.05, 0) is 66.8 Å². The number of ether oxygens (including phenoxy) is 2. The van der Waals surface area contributed by atoms with Gasteiger partial charge in [-0.2, -0.15) is 8.78 Å². The van der Waals surface area contributed by atoms with Crippen LogP contribution < -0.4 is 10.1 Å². The maximum atomic E-state index is 14.4. The Bertz CT molecular complexity index is 1290. The number of aliphatic hydroxyl groups excluding tert-OH is 1. The fourth-order valence-electron chi connectivity index (χ4n) is 4.40. The van der Waals surface area contributed by atoms with Gasteiger partial charge in [-0.3, -0.25) is 14.2 Å². The molecule has 7 nitrogen and oxygen atoms in total. The highest BCUT2D eigenvalue weighted by Crippen LogP contribution is 2.38. The number of rotatable bonds is 9. The number of pyridine rings is 2. The Hall–Kier alpha value is -3.50. The van der Waals surface area contributed by atoms with Crippen LogP contribution in [0, 0.1) is 6.92 Å². The van der Waals surface area contributed by atoms with E-state index in [1.54, 1.807) is 18.2 Å². The molecule has 10 heteroatoms. The Kier molecular flexibility index (Phi) is 8.32. The normalized spacial score (nSPS) is 15.2. The Balaban J connectivity index is 1.69. The van der Waals surface area contributed by atoms with Crippen LogP contribution >= 0.6 is 0 Å². The van der Waals surface area contributed by atoms with E-state index in [-0.39, 0.29) is 24.7 Å². The lowest BCUT2D eigenvalue weighted by Crippen LogP contribution is -2.36. The third kappa shape index (κ3) is 6.14. The molecular weight excluding hydrogens is 499 g/mol. The molecule has 1 fully saturated rings. The van der Waals surface area contributed by atoms with Crippen LogP contribution in [0.4, 0.5) is 18.9 Å². The largest absolute Gasteiger partial charge is 0.475 e. The molecule has 38 heavy (non-hydrogen) atoms. The number of hydrogen-bond donors (Lipinski definition) is 2. The van der Waals surface area contributed by atoms with Gasteiger partial charge in [0, 0.05) is 49.1 Å². The molecule has 0 aliphatic carbocycles. The van der Waals surface area contributed by atoms with Crippen LogP contribution in [0.15, 0.2) is 48.7 Å². The van der Waals surface area contributed by atoms with Crippen LogP contribution in [0.1, 0.15) is 47.1 Å². The van der Waals surface area contributed by atoms with E-state index in [4.69, 9.17) is 9.47 Å². The van der Waals surface area contributed by atoms with Crippen molar-refractivity contribution in [2.45, 2.75) is 38.0 Å². The molecule has 2 N–H and O–H groups in total. The molecule has 1 aliphatic heterocycles. The lowest BCUT2D eigenvalue weighted by molar-refractivity contribution is 0.0127. The monoisotopic (exact) mass is 529 g/mol. The number of carbonyl (C=O) groups is 1. The van der Waals surface area contributed by atoms with Crippen LogP contribution in [0.3, 0.4) is 0 Å². The van der Waals surface area contributed by atoms with Crippen molar-refractivity contribution >= 4 is 11.6 Å². The summed E-state index contributed by atoms with van der Waals surface area (Å²) in [5.74, 6) is -3.48. The van der Waals surface area contributed by atoms with Crippen LogP contribution in [0.5, 0.6) is 5.88 Å². The minimum absolute atomic E-state index is 0.0292. The summed E-state index contributed by atoms with van der Waals surface area (Å²) in [6.07, 6.45) is 2.12. The van der Waals surface area contributed by atoms with Gasteiger partial charge in [0.25, 0.3) is 11.8 Å². The maximum absolute atomic E-state index is 14.4. The first kappa shape index (κ1) is 27.5. The molecule has 0 atom stereocenters. The van der Waals surface area contributed by atoms with Crippen LogP contribution in [-0.2, 0) is 16.1 Å².